The highest BCUT2D eigenvalue weighted by Gasteiger charge is 2.38. The SMILES string of the molecule is NC(=O)c1ccc(C(I)C(F)(F)F)cn1. The molecule has 7 heteroatoms. The predicted molar refractivity (Wildman–Crippen MR) is 55.6 cm³/mol. The van der Waals surface area contributed by atoms with Gasteiger partial charge in [0.25, 0.3) is 5.91 Å². The zero-order chi connectivity index (χ0) is 11.6. The van der Waals surface area contributed by atoms with E-state index in [2.05, 4.69) is 4.98 Å². The number of hydrogen-bond acceptors (Lipinski definition) is 2. The van der Waals surface area contributed by atoms with Gasteiger partial charge in [-0.05, 0) is 11.6 Å². The molecule has 0 aliphatic rings. The lowest BCUT2D eigenvalue weighted by molar-refractivity contribution is -0.125. The predicted octanol–water partition coefficient (Wildman–Crippen LogP) is 2.22. The second kappa shape index (κ2) is 4.33. The number of hydrogen-bond donors (Lipinski definition) is 1. The Hall–Kier alpha value is -0.860. The maximum Gasteiger partial charge on any atom is 0.404 e. The molecule has 1 amide bonds. The molecule has 0 aliphatic carbocycles. The Morgan fingerprint density at radius 1 is 1.47 bits per heavy atom. The molecule has 82 valence electrons. The first-order valence-corrected chi connectivity index (χ1v) is 5.03. The van der Waals surface area contributed by atoms with E-state index in [9.17, 15) is 18.0 Å². The lowest BCUT2D eigenvalue weighted by Crippen LogP contribution is -2.17. The maximum absolute atomic E-state index is 12.3. The third kappa shape index (κ3) is 3.05. The number of nitrogens with zero attached hydrogens (tertiary/aromatic N) is 1. The van der Waals surface area contributed by atoms with Gasteiger partial charge < -0.3 is 5.73 Å². The zero-order valence-corrected chi connectivity index (χ0v) is 9.41. The quantitative estimate of drug-likeness (QED) is 0.668. The number of amides is 1. The van der Waals surface area contributed by atoms with E-state index in [0.29, 0.717) is 0 Å². The molecule has 0 saturated heterocycles. The Labute approximate surface area is 97.0 Å². The van der Waals surface area contributed by atoms with Crippen LogP contribution >= 0.6 is 22.6 Å². The van der Waals surface area contributed by atoms with E-state index in [-0.39, 0.29) is 11.3 Å². The summed E-state index contributed by atoms with van der Waals surface area (Å²) in [6.45, 7) is 0. The highest BCUT2D eigenvalue weighted by atomic mass is 127. The second-order valence-corrected chi connectivity index (χ2v) is 3.99. The van der Waals surface area contributed by atoms with Crippen LogP contribution in [0.25, 0.3) is 0 Å². The molecule has 0 radical (unpaired) electrons. The molecule has 1 aromatic rings. The number of aromatic nitrogens is 1. The summed E-state index contributed by atoms with van der Waals surface area (Å²) in [5.74, 6) is -0.765. The third-order valence-corrected chi connectivity index (χ3v) is 3.04. The fourth-order valence-corrected chi connectivity index (χ4v) is 1.26. The van der Waals surface area contributed by atoms with Gasteiger partial charge in [-0.1, -0.05) is 28.7 Å². The van der Waals surface area contributed by atoms with Crippen LogP contribution in [0.1, 0.15) is 20.0 Å². The van der Waals surface area contributed by atoms with Crippen molar-refractivity contribution >= 4 is 28.5 Å². The summed E-state index contributed by atoms with van der Waals surface area (Å²) < 4.78 is 35.2. The monoisotopic (exact) mass is 330 g/mol. The molecule has 0 aromatic carbocycles. The lowest BCUT2D eigenvalue weighted by Gasteiger charge is -2.13. The van der Waals surface area contributed by atoms with Gasteiger partial charge in [-0.2, -0.15) is 13.2 Å². The van der Waals surface area contributed by atoms with Gasteiger partial charge in [-0.15, -0.1) is 0 Å². The van der Waals surface area contributed by atoms with Gasteiger partial charge in [-0.25, -0.2) is 0 Å². The number of pyridine rings is 1. The zero-order valence-electron chi connectivity index (χ0n) is 7.25. The average Bonchev–Trinajstić information content (AvgIpc) is 2.15. The van der Waals surface area contributed by atoms with Crippen molar-refractivity contribution in [2.75, 3.05) is 0 Å². The molecule has 0 fully saturated rings. The van der Waals surface area contributed by atoms with E-state index in [0.717, 1.165) is 6.20 Å². The minimum Gasteiger partial charge on any atom is -0.364 e. The standard InChI is InChI=1S/C8H6F3IN2O/c9-8(10,11)6(12)4-1-2-5(7(13)15)14-3-4/h1-3,6H,(H2,13,15). The van der Waals surface area contributed by atoms with Gasteiger partial charge in [0.1, 0.15) is 9.62 Å². The van der Waals surface area contributed by atoms with Crippen LogP contribution < -0.4 is 5.73 Å². The summed E-state index contributed by atoms with van der Waals surface area (Å²) in [5.41, 5.74) is 4.84. The Morgan fingerprint density at radius 3 is 2.40 bits per heavy atom. The van der Waals surface area contributed by atoms with Crippen molar-refractivity contribution in [1.82, 2.24) is 4.98 Å². The van der Waals surface area contributed by atoms with Gasteiger partial charge in [0, 0.05) is 6.20 Å². The van der Waals surface area contributed by atoms with Gasteiger partial charge >= 0.3 is 6.18 Å². The molecular weight excluding hydrogens is 324 g/mol. The molecule has 2 N–H and O–H groups in total. The molecule has 1 aromatic heterocycles. The molecule has 1 atom stereocenters. The summed E-state index contributed by atoms with van der Waals surface area (Å²) in [7, 11) is 0. The van der Waals surface area contributed by atoms with Crippen LogP contribution in [0.3, 0.4) is 0 Å². The summed E-state index contributed by atoms with van der Waals surface area (Å²) >= 11 is 1.26. The minimum atomic E-state index is -4.32. The Bertz CT molecular complexity index is 363. The van der Waals surface area contributed by atoms with E-state index in [1.54, 1.807) is 0 Å². The van der Waals surface area contributed by atoms with Crippen molar-refractivity contribution in [2.45, 2.75) is 10.1 Å². The Morgan fingerprint density at radius 2 is 2.07 bits per heavy atom. The Balaban J connectivity index is 2.94. The second-order valence-electron chi connectivity index (χ2n) is 2.75. The van der Waals surface area contributed by atoms with Crippen LogP contribution in [-0.4, -0.2) is 17.1 Å². The summed E-state index contributed by atoms with van der Waals surface area (Å²) in [5, 5.41) is 0. The maximum atomic E-state index is 12.3. The molecule has 0 bridgehead atoms. The van der Waals surface area contributed by atoms with E-state index >= 15 is 0 Å². The van der Waals surface area contributed by atoms with Gasteiger partial charge in [0.05, 0.1) is 0 Å². The molecule has 15 heavy (non-hydrogen) atoms. The number of rotatable bonds is 2. The highest BCUT2D eigenvalue weighted by Crippen LogP contribution is 2.39. The summed E-state index contributed by atoms with van der Waals surface area (Å²) in [6.07, 6.45) is -3.32. The Kier molecular flexibility index (Phi) is 3.53. The van der Waals surface area contributed by atoms with Crippen molar-refractivity contribution in [3.8, 4) is 0 Å². The largest absolute Gasteiger partial charge is 0.404 e. The van der Waals surface area contributed by atoms with Crippen molar-refractivity contribution in [3.05, 3.63) is 29.6 Å². The van der Waals surface area contributed by atoms with Gasteiger partial charge in [0.2, 0.25) is 0 Å². The molecule has 1 rings (SSSR count). The molecule has 0 saturated carbocycles. The number of carbonyl (C=O) groups excluding carboxylic acids is 1. The molecule has 1 heterocycles. The normalized spacial score (nSPS) is 13.6. The summed E-state index contributed by atoms with van der Waals surface area (Å²) in [6, 6.07) is 2.37. The molecule has 0 spiro atoms. The summed E-state index contributed by atoms with van der Waals surface area (Å²) in [4.78, 5) is 14.1. The van der Waals surface area contributed by atoms with Crippen molar-refractivity contribution in [1.29, 1.82) is 0 Å². The fourth-order valence-electron chi connectivity index (χ4n) is 0.890. The van der Waals surface area contributed by atoms with E-state index in [4.69, 9.17) is 5.73 Å². The van der Waals surface area contributed by atoms with E-state index in [1.165, 1.54) is 34.7 Å². The van der Waals surface area contributed by atoms with Crippen LogP contribution in [0.4, 0.5) is 13.2 Å². The van der Waals surface area contributed by atoms with Crippen LogP contribution in [0, 0.1) is 0 Å². The van der Waals surface area contributed by atoms with Crippen LogP contribution in [0.2, 0.25) is 0 Å². The fraction of sp³-hybridized carbons (Fsp3) is 0.250. The topological polar surface area (TPSA) is 56.0 Å². The van der Waals surface area contributed by atoms with E-state index < -0.39 is 16.0 Å². The van der Waals surface area contributed by atoms with Crippen molar-refractivity contribution < 1.29 is 18.0 Å². The number of halogens is 4. The minimum absolute atomic E-state index is 0.00639. The third-order valence-electron chi connectivity index (χ3n) is 1.62. The van der Waals surface area contributed by atoms with E-state index in [1.807, 2.05) is 0 Å². The smallest absolute Gasteiger partial charge is 0.364 e. The number of primary amides is 1. The highest BCUT2D eigenvalue weighted by molar-refractivity contribution is 14.1. The molecule has 1 unspecified atom stereocenters. The molecular formula is C8H6F3IN2O. The van der Waals surface area contributed by atoms with Crippen LogP contribution in [0.5, 0.6) is 0 Å². The number of nitrogens with two attached hydrogens (primary N) is 1. The first-order valence-electron chi connectivity index (χ1n) is 3.79. The van der Waals surface area contributed by atoms with Gasteiger partial charge in [-0.3, -0.25) is 9.78 Å². The van der Waals surface area contributed by atoms with Crippen molar-refractivity contribution in [2.24, 2.45) is 5.73 Å². The first kappa shape index (κ1) is 12.2. The average molecular weight is 330 g/mol. The molecule has 3 nitrogen and oxygen atoms in total. The van der Waals surface area contributed by atoms with Gasteiger partial charge in [0.15, 0.2) is 0 Å². The lowest BCUT2D eigenvalue weighted by atomic mass is 10.2. The first-order chi connectivity index (χ1) is 6.82. The number of carbonyl (C=O) groups is 1. The molecule has 0 aliphatic heterocycles. The van der Waals surface area contributed by atoms with Crippen LogP contribution in [-0.2, 0) is 0 Å². The number of alkyl halides is 4. The van der Waals surface area contributed by atoms with Crippen LogP contribution in [0.15, 0.2) is 18.3 Å². The van der Waals surface area contributed by atoms with Crippen molar-refractivity contribution in [3.63, 3.8) is 0 Å².